The van der Waals surface area contributed by atoms with E-state index in [4.69, 9.17) is 0 Å². The molecule has 0 fully saturated rings. The Bertz CT molecular complexity index is 459. The number of benzene rings is 1. The number of allylic oxidation sites excluding steroid dienone is 2. The van der Waals surface area contributed by atoms with Crippen molar-refractivity contribution in [3.8, 4) is 5.75 Å². The van der Waals surface area contributed by atoms with E-state index < -0.39 is 6.36 Å². The number of ketones is 1. The molecule has 0 aliphatic heterocycles. The zero-order valence-electron chi connectivity index (χ0n) is 10.8. The molecule has 104 valence electrons. The fraction of sp³-hybridized carbons (Fsp3) is 0.357. The standard InChI is InChI=1S/C14H15F3O2/c1-3-11(4-2)13(18)9-10-5-7-12(8-6-10)19-14(15,16)17/h3,5-8H,4,9H2,1-2H3/b11-3-. The van der Waals surface area contributed by atoms with E-state index in [-0.39, 0.29) is 18.0 Å². The van der Waals surface area contributed by atoms with E-state index in [1.54, 1.807) is 13.0 Å². The lowest BCUT2D eigenvalue weighted by molar-refractivity contribution is -0.274. The minimum Gasteiger partial charge on any atom is -0.406 e. The van der Waals surface area contributed by atoms with Gasteiger partial charge < -0.3 is 4.74 Å². The molecule has 0 spiro atoms. The summed E-state index contributed by atoms with van der Waals surface area (Å²) in [5, 5.41) is 0. The molecule has 0 unspecified atom stereocenters. The zero-order valence-corrected chi connectivity index (χ0v) is 10.8. The van der Waals surface area contributed by atoms with Gasteiger partial charge in [0, 0.05) is 6.42 Å². The molecule has 0 atom stereocenters. The maximum atomic E-state index is 12.0. The number of hydrogen-bond donors (Lipinski definition) is 0. The molecule has 0 aromatic heterocycles. The van der Waals surface area contributed by atoms with Crippen LogP contribution in [0.5, 0.6) is 5.75 Å². The Morgan fingerprint density at radius 2 is 1.84 bits per heavy atom. The van der Waals surface area contributed by atoms with Crippen LogP contribution in [0.2, 0.25) is 0 Å². The van der Waals surface area contributed by atoms with E-state index >= 15 is 0 Å². The fourth-order valence-electron chi connectivity index (χ4n) is 1.67. The molecule has 0 N–H and O–H groups in total. The van der Waals surface area contributed by atoms with Crippen LogP contribution in [0.1, 0.15) is 25.8 Å². The van der Waals surface area contributed by atoms with Crippen LogP contribution in [0.3, 0.4) is 0 Å². The second kappa shape index (κ2) is 6.41. The number of alkyl halides is 3. The Morgan fingerprint density at radius 1 is 1.26 bits per heavy atom. The van der Waals surface area contributed by atoms with Gasteiger partial charge in [-0.2, -0.15) is 0 Å². The van der Waals surface area contributed by atoms with Gasteiger partial charge in [-0.3, -0.25) is 4.79 Å². The van der Waals surface area contributed by atoms with Gasteiger partial charge in [0.05, 0.1) is 0 Å². The maximum absolute atomic E-state index is 12.0. The number of hydrogen-bond acceptors (Lipinski definition) is 2. The lowest BCUT2D eigenvalue weighted by atomic mass is 10.0. The maximum Gasteiger partial charge on any atom is 0.573 e. The third kappa shape index (κ3) is 5.16. The van der Waals surface area contributed by atoms with Crippen molar-refractivity contribution in [1.29, 1.82) is 0 Å². The normalized spacial score (nSPS) is 12.4. The number of carbonyl (C=O) groups is 1. The van der Waals surface area contributed by atoms with Crippen LogP contribution < -0.4 is 4.74 Å². The Morgan fingerprint density at radius 3 is 2.26 bits per heavy atom. The predicted octanol–water partition coefficient (Wildman–Crippen LogP) is 4.05. The molecule has 0 saturated carbocycles. The van der Waals surface area contributed by atoms with Crippen LogP contribution in [0, 0.1) is 0 Å². The minimum atomic E-state index is -4.70. The van der Waals surface area contributed by atoms with Crippen molar-refractivity contribution >= 4 is 5.78 Å². The molecule has 0 radical (unpaired) electrons. The molecule has 0 heterocycles. The van der Waals surface area contributed by atoms with Crippen molar-refractivity contribution in [2.24, 2.45) is 0 Å². The molecule has 19 heavy (non-hydrogen) atoms. The van der Waals surface area contributed by atoms with Crippen molar-refractivity contribution in [3.63, 3.8) is 0 Å². The summed E-state index contributed by atoms with van der Waals surface area (Å²) < 4.78 is 39.7. The summed E-state index contributed by atoms with van der Waals surface area (Å²) in [6.07, 6.45) is -2.12. The van der Waals surface area contributed by atoms with Crippen molar-refractivity contribution in [2.75, 3.05) is 0 Å². The summed E-state index contributed by atoms with van der Waals surface area (Å²) >= 11 is 0. The van der Waals surface area contributed by atoms with E-state index in [1.165, 1.54) is 24.3 Å². The highest BCUT2D eigenvalue weighted by Gasteiger charge is 2.30. The Labute approximate surface area is 109 Å². The number of carbonyl (C=O) groups excluding carboxylic acids is 1. The van der Waals surface area contributed by atoms with E-state index in [0.717, 1.165) is 5.57 Å². The Balaban J connectivity index is 2.70. The quantitative estimate of drug-likeness (QED) is 0.756. The lowest BCUT2D eigenvalue weighted by Crippen LogP contribution is -2.17. The third-order valence-electron chi connectivity index (χ3n) is 2.61. The SMILES string of the molecule is C/C=C(/CC)C(=O)Cc1ccc(OC(F)(F)F)cc1. The highest BCUT2D eigenvalue weighted by molar-refractivity contribution is 5.96. The summed E-state index contributed by atoms with van der Waals surface area (Å²) in [4.78, 5) is 11.8. The number of ether oxygens (including phenoxy) is 1. The van der Waals surface area contributed by atoms with Gasteiger partial charge >= 0.3 is 6.36 Å². The van der Waals surface area contributed by atoms with Gasteiger partial charge in [-0.25, -0.2) is 0 Å². The summed E-state index contributed by atoms with van der Waals surface area (Å²) in [6, 6.07) is 5.33. The van der Waals surface area contributed by atoms with E-state index in [1.807, 2.05) is 6.92 Å². The second-order valence-electron chi connectivity index (χ2n) is 3.96. The van der Waals surface area contributed by atoms with Gasteiger partial charge in [-0.1, -0.05) is 25.1 Å². The first-order valence-electron chi connectivity index (χ1n) is 5.88. The van der Waals surface area contributed by atoms with Crippen molar-refractivity contribution in [2.45, 2.75) is 33.1 Å². The predicted molar refractivity (Wildman–Crippen MR) is 65.9 cm³/mol. The van der Waals surface area contributed by atoms with Gasteiger partial charge in [0.15, 0.2) is 5.78 Å². The van der Waals surface area contributed by atoms with E-state index in [0.29, 0.717) is 12.0 Å². The number of halogens is 3. The molecule has 0 amide bonds. The minimum absolute atomic E-state index is 0.0190. The summed E-state index contributed by atoms with van der Waals surface area (Å²) in [5.41, 5.74) is 1.38. The van der Waals surface area contributed by atoms with Gasteiger partial charge in [0.2, 0.25) is 0 Å². The average molecular weight is 272 g/mol. The van der Waals surface area contributed by atoms with Crippen LogP contribution in [0.15, 0.2) is 35.9 Å². The zero-order chi connectivity index (χ0) is 14.5. The highest BCUT2D eigenvalue weighted by atomic mass is 19.4. The molecule has 0 saturated heterocycles. The van der Waals surface area contributed by atoms with Gasteiger partial charge in [-0.15, -0.1) is 13.2 Å². The molecule has 1 aromatic carbocycles. The first kappa shape index (κ1) is 15.3. The molecule has 5 heteroatoms. The Kier molecular flexibility index (Phi) is 5.15. The molecule has 0 aliphatic rings. The molecular weight excluding hydrogens is 257 g/mol. The highest BCUT2D eigenvalue weighted by Crippen LogP contribution is 2.23. The third-order valence-corrected chi connectivity index (χ3v) is 2.61. The molecule has 1 aromatic rings. The van der Waals surface area contributed by atoms with Crippen LogP contribution in [0.4, 0.5) is 13.2 Å². The van der Waals surface area contributed by atoms with Crippen molar-refractivity contribution in [1.82, 2.24) is 0 Å². The summed E-state index contributed by atoms with van der Waals surface area (Å²) in [7, 11) is 0. The second-order valence-corrected chi connectivity index (χ2v) is 3.96. The average Bonchev–Trinajstić information content (AvgIpc) is 2.31. The van der Waals surface area contributed by atoms with Crippen LogP contribution in [0.25, 0.3) is 0 Å². The molecule has 0 aliphatic carbocycles. The number of rotatable bonds is 5. The van der Waals surface area contributed by atoms with Crippen LogP contribution in [-0.4, -0.2) is 12.1 Å². The van der Waals surface area contributed by atoms with E-state index in [2.05, 4.69) is 4.74 Å². The van der Waals surface area contributed by atoms with Gasteiger partial charge in [0.1, 0.15) is 5.75 Å². The van der Waals surface area contributed by atoms with Crippen molar-refractivity contribution in [3.05, 3.63) is 41.5 Å². The lowest BCUT2D eigenvalue weighted by Gasteiger charge is -2.09. The first-order chi connectivity index (χ1) is 8.85. The monoisotopic (exact) mass is 272 g/mol. The van der Waals surface area contributed by atoms with Gasteiger partial charge in [-0.05, 0) is 36.6 Å². The first-order valence-corrected chi connectivity index (χ1v) is 5.88. The Hall–Kier alpha value is -1.78. The molecule has 2 nitrogen and oxygen atoms in total. The largest absolute Gasteiger partial charge is 0.573 e. The molecule has 0 bridgehead atoms. The number of Topliss-reactive ketones (excluding diaryl/α,β-unsaturated/α-hetero) is 1. The molecular formula is C14H15F3O2. The fourth-order valence-corrected chi connectivity index (χ4v) is 1.67. The van der Waals surface area contributed by atoms with Crippen LogP contribution in [-0.2, 0) is 11.2 Å². The summed E-state index contributed by atoms with van der Waals surface area (Å²) in [6.45, 7) is 3.67. The topological polar surface area (TPSA) is 26.3 Å². The van der Waals surface area contributed by atoms with Crippen LogP contribution >= 0.6 is 0 Å². The van der Waals surface area contributed by atoms with Gasteiger partial charge in [0.25, 0.3) is 0 Å². The van der Waals surface area contributed by atoms with E-state index in [9.17, 15) is 18.0 Å². The summed E-state index contributed by atoms with van der Waals surface area (Å²) in [5.74, 6) is -0.306. The molecule has 1 rings (SSSR count). The van der Waals surface area contributed by atoms with Crippen molar-refractivity contribution < 1.29 is 22.7 Å². The smallest absolute Gasteiger partial charge is 0.406 e.